The van der Waals surface area contributed by atoms with E-state index in [4.69, 9.17) is 31.0 Å². The second kappa shape index (κ2) is 16.3. The van der Waals surface area contributed by atoms with Crippen molar-refractivity contribution in [3.8, 4) is 33.6 Å². The lowest BCUT2D eigenvalue weighted by Gasteiger charge is -2.35. The number of rotatable bonds is 11. The molecule has 5 aliphatic rings. The SMILES string of the molecule is COC(=O)N[C@H](C(=O)N1[C@@H]2C[C@@H]2C[C@H]1c1nc(-c2ccc3cc(-c4ccc(-c5cnc([C@@H]6C[C@H]7C[C@H]7N6C(=O)[C@@H](NC(=O)O)C(C)C)[nH]5)cc4)ccc3c2)c(Cl)[nH]1)C1CCOCC1. The molecule has 0 radical (unpaired) electrons. The van der Waals surface area contributed by atoms with E-state index in [1.807, 2.05) is 29.7 Å². The number of amides is 4. The van der Waals surface area contributed by atoms with Gasteiger partial charge in [-0.3, -0.25) is 9.59 Å². The van der Waals surface area contributed by atoms with Gasteiger partial charge in [0.1, 0.15) is 34.6 Å². The summed E-state index contributed by atoms with van der Waals surface area (Å²) in [4.78, 5) is 72.1. The van der Waals surface area contributed by atoms with Gasteiger partial charge in [0.25, 0.3) is 0 Å². The van der Waals surface area contributed by atoms with Crippen molar-refractivity contribution < 1.29 is 33.8 Å². The van der Waals surface area contributed by atoms with Gasteiger partial charge < -0.3 is 45.0 Å². The number of benzene rings is 3. The second-order valence-electron chi connectivity index (χ2n) is 18.2. The molecule has 5 heterocycles. The van der Waals surface area contributed by atoms with Crippen LogP contribution < -0.4 is 10.6 Å². The number of halogens is 1. The summed E-state index contributed by atoms with van der Waals surface area (Å²) in [7, 11) is 1.31. The molecule has 63 heavy (non-hydrogen) atoms. The number of piperidine rings is 2. The Bertz CT molecular complexity index is 2590. The number of methoxy groups -OCH3 is 1. The maximum absolute atomic E-state index is 14.3. The number of aromatic amines is 2. The lowest BCUT2D eigenvalue weighted by molar-refractivity contribution is -0.138. The van der Waals surface area contributed by atoms with Crippen LogP contribution in [0.15, 0.2) is 66.9 Å². The fourth-order valence-electron chi connectivity index (χ4n) is 10.4. The fraction of sp³-hybridized carbons (Fsp3) is 0.447. The topological polar surface area (TPSA) is 195 Å². The Kier molecular flexibility index (Phi) is 10.6. The second-order valence-corrected chi connectivity index (χ2v) is 18.6. The number of alkyl carbamates (subject to hydrolysis) is 1. The highest BCUT2D eigenvalue weighted by atomic mass is 35.5. The Morgan fingerprint density at radius 3 is 2.05 bits per heavy atom. The first-order valence-electron chi connectivity index (χ1n) is 22.0. The molecule has 4 amide bonds. The third-order valence-electron chi connectivity index (χ3n) is 13.9. The minimum absolute atomic E-state index is 0.0520. The van der Waals surface area contributed by atoms with Crippen LogP contribution in [0.5, 0.6) is 0 Å². The van der Waals surface area contributed by atoms with Gasteiger partial charge in [0.2, 0.25) is 11.8 Å². The van der Waals surface area contributed by atoms with Crippen molar-refractivity contribution in [2.75, 3.05) is 20.3 Å². The van der Waals surface area contributed by atoms with Crippen molar-refractivity contribution in [1.29, 1.82) is 0 Å². The average Bonchev–Trinajstić information content (AvgIpc) is 3.93. The van der Waals surface area contributed by atoms with Crippen molar-refractivity contribution >= 4 is 46.4 Å². The van der Waals surface area contributed by atoms with E-state index in [2.05, 4.69) is 75.2 Å². The number of carbonyl (C=O) groups excluding carboxylic acids is 3. The Labute approximate surface area is 369 Å². The molecule has 5 fully saturated rings. The number of ether oxygens (including phenoxy) is 2. The molecule has 2 saturated carbocycles. The van der Waals surface area contributed by atoms with Crippen LogP contribution >= 0.6 is 11.6 Å². The molecule has 8 atom stereocenters. The Morgan fingerprint density at radius 2 is 1.40 bits per heavy atom. The van der Waals surface area contributed by atoms with E-state index in [9.17, 15) is 24.3 Å². The van der Waals surface area contributed by atoms with Crippen LogP contribution in [0.4, 0.5) is 9.59 Å². The summed E-state index contributed by atoms with van der Waals surface area (Å²) in [6.45, 7) is 4.79. The van der Waals surface area contributed by atoms with E-state index in [1.54, 1.807) is 6.20 Å². The molecule has 0 unspecified atom stereocenters. The summed E-state index contributed by atoms with van der Waals surface area (Å²) in [6.07, 6.45) is 4.79. The molecule has 5 aromatic rings. The largest absolute Gasteiger partial charge is 0.465 e. The number of fused-ring (bicyclic) bond motifs is 3. The van der Waals surface area contributed by atoms with E-state index < -0.39 is 24.3 Å². The maximum Gasteiger partial charge on any atom is 0.407 e. The van der Waals surface area contributed by atoms with Crippen LogP contribution in [0.2, 0.25) is 5.15 Å². The van der Waals surface area contributed by atoms with Gasteiger partial charge in [0.05, 0.1) is 31.1 Å². The van der Waals surface area contributed by atoms with E-state index >= 15 is 0 Å². The number of likely N-dealkylation sites (tertiary alicyclic amines) is 2. The van der Waals surface area contributed by atoms with Gasteiger partial charge in [-0.05, 0) is 102 Å². The van der Waals surface area contributed by atoms with Crippen LogP contribution in [0, 0.1) is 23.7 Å². The molecule has 3 aliphatic heterocycles. The van der Waals surface area contributed by atoms with Crippen molar-refractivity contribution in [1.82, 2.24) is 40.4 Å². The van der Waals surface area contributed by atoms with Gasteiger partial charge in [-0.15, -0.1) is 0 Å². The van der Waals surface area contributed by atoms with E-state index in [0.717, 1.165) is 64.4 Å². The molecule has 16 heteroatoms. The van der Waals surface area contributed by atoms with Gasteiger partial charge in [-0.2, -0.15) is 0 Å². The summed E-state index contributed by atoms with van der Waals surface area (Å²) in [5.41, 5.74) is 5.41. The lowest BCUT2D eigenvalue weighted by atomic mass is 9.90. The number of imidazole rings is 2. The average molecular weight is 875 g/mol. The Morgan fingerprint density at radius 1 is 0.794 bits per heavy atom. The quantitative estimate of drug-likeness (QED) is 0.0884. The van der Waals surface area contributed by atoms with Gasteiger partial charge in [-0.1, -0.05) is 74.0 Å². The highest BCUT2D eigenvalue weighted by Crippen LogP contribution is 2.55. The van der Waals surface area contributed by atoms with E-state index in [-0.39, 0.29) is 47.8 Å². The molecule has 2 aliphatic carbocycles. The van der Waals surface area contributed by atoms with Crippen LogP contribution in [0.3, 0.4) is 0 Å². The minimum atomic E-state index is -1.20. The zero-order valence-corrected chi connectivity index (χ0v) is 36.1. The van der Waals surface area contributed by atoms with Crippen molar-refractivity contribution in [2.45, 2.75) is 88.6 Å². The highest BCUT2D eigenvalue weighted by Gasteiger charge is 2.58. The zero-order chi connectivity index (χ0) is 43.7. The van der Waals surface area contributed by atoms with E-state index in [1.165, 1.54) is 7.11 Å². The highest BCUT2D eigenvalue weighted by molar-refractivity contribution is 6.32. The van der Waals surface area contributed by atoms with Crippen molar-refractivity contribution in [3.05, 3.63) is 83.7 Å². The maximum atomic E-state index is 14.3. The predicted octanol–water partition coefficient (Wildman–Crippen LogP) is 7.71. The monoisotopic (exact) mass is 874 g/mol. The standard InChI is InChI=1S/C47H51ClN8O7/c1-23(2)38(52-46(59)60)44(57)55-34-18-31(34)20-36(55)42-49-22-33(50-42)25-6-4-24(5-7-25)27-8-9-29-17-30(11-10-28(29)16-27)39-41(48)54-43(51-39)37-21-32-19-35(32)56(37)45(58)40(53-47(61)62-3)26-12-14-63-15-13-26/h4-11,16-17,22-23,26,31-32,34-38,40,52H,12-15,18-21H2,1-3H3,(H,49,50)(H,51,54)(H,53,61)(H,59,60)/t31-,32-,34-,35-,36+,37+,38+,40+/m1/s1. The number of carboxylic acid groups (broad SMARTS) is 1. The molecule has 2 aromatic heterocycles. The third-order valence-corrected chi connectivity index (χ3v) is 14.2. The first kappa shape index (κ1) is 41.1. The van der Waals surface area contributed by atoms with Crippen LogP contribution in [0.1, 0.15) is 76.1 Å². The normalized spacial score (nSPS) is 24.8. The Hall–Kier alpha value is -5.93. The van der Waals surface area contributed by atoms with Crippen molar-refractivity contribution in [3.63, 3.8) is 0 Å². The molecule has 15 nitrogen and oxygen atoms in total. The molecule has 5 N–H and O–H groups in total. The summed E-state index contributed by atoms with van der Waals surface area (Å²) >= 11 is 6.86. The molecule has 0 bridgehead atoms. The number of carbonyl (C=O) groups is 4. The molecular formula is C47H51ClN8O7. The lowest BCUT2D eigenvalue weighted by Crippen LogP contribution is -2.54. The third kappa shape index (κ3) is 7.79. The summed E-state index contributed by atoms with van der Waals surface area (Å²) < 4.78 is 10.5. The first-order valence-corrected chi connectivity index (χ1v) is 22.3. The number of hydrogen-bond donors (Lipinski definition) is 5. The molecule has 3 aromatic carbocycles. The van der Waals surface area contributed by atoms with Crippen molar-refractivity contribution in [2.24, 2.45) is 23.7 Å². The minimum Gasteiger partial charge on any atom is -0.465 e. The zero-order valence-electron chi connectivity index (χ0n) is 35.3. The summed E-state index contributed by atoms with van der Waals surface area (Å²) in [6, 6.07) is 19.0. The molecule has 0 spiro atoms. The smallest absolute Gasteiger partial charge is 0.407 e. The van der Waals surface area contributed by atoms with Gasteiger partial charge >= 0.3 is 12.2 Å². The van der Waals surface area contributed by atoms with Crippen LogP contribution in [-0.2, 0) is 19.1 Å². The van der Waals surface area contributed by atoms with Gasteiger partial charge in [-0.25, -0.2) is 19.6 Å². The molecule has 3 saturated heterocycles. The number of H-pyrrole nitrogens is 2. The number of nitrogens with zero attached hydrogens (tertiary/aromatic N) is 4. The molecular weight excluding hydrogens is 824 g/mol. The molecule has 10 rings (SSSR count). The first-order chi connectivity index (χ1) is 30.4. The Balaban J connectivity index is 0.836. The van der Waals surface area contributed by atoms with E-state index in [0.29, 0.717) is 60.4 Å². The van der Waals surface area contributed by atoms with Gasteiger partial charge in [0.15, 0.2) is 0 Å². The van der Waals surface area contributed by atoms with Gasteiger partial charge in [0, 0.05) is 30.9 Å². The van der Waals surface area contributed by atoms with Crippen LogP contribution in [-0.4, -0.2) is 103 Å². The van der Waals surface area contributed by atoms with Crippen LogP contribution in [0.25, 0.3) is 44.4 Å². The predicted molar refractivity (Wildman–Crippen MR) is 234 cm³/mol. The number of nitrogens with one attached hydrogen (secondary N) is 4. The fourth-order valence-corrected chi connectivity index (χ4v) is 10.7. The summed E-state index contributed by atoms with van der Waals surface area (Å²) in [5.74, 6) is 1.60. The number of aromatic nitrogens is 4. The number of hydrogen-bond acceptors (Lipinski definition) is 8. The molecule has 328 valence electrons. The summed E-state index contributed by atoms with van der Waals surface area (Å²) in [5, 5.41) is 17.2.